The van der Waals surface area contributed by atoms with Gasteiger partial charge in [-0.15, -0.1) is 0 Å². The van der Waals surface area contributed by atoms with Gasteiger partial charge in [-0.3, -0.25) is 4.79 Å². The molecule has 0 aliphatic heterocycles. The molecular weight excluding hydrogens is 509 g/mol. The smallest absolute Gasteiger partial charge is 0.228 e. The van der Waals surface area contributed by atoms with Gasteiger partial charge in [-0.1, -0.05) is 91.4 Å². The van der Waals surface area contributed by atoms with Crippen LogP contribution in [-0.2, 0) is 11.3 Å². The summed E-state index contributed by atoms with van der Waals surface area (Å²) in [5.41, 5.74) is 0.546. The second-order valence-electron chi connectivity index (χ2n) is 7.07. The molecule has 0 radical (unpaired) electrons. The molecular formula is C17H19Br3ClNO. The summed E-state index contributed by atoms with van der Waals surface area (Å²) in [6.45, 7) is 4.89. The number of fused-ring (bicyclic) bond motifs is 1. The molecule has 3 saturated carbocycles. The van der Waals surface area contributed by atoms with Gasteiger partial charge in [0.1, 0.15) is 0 Å². The SMILES string of the molecule is CC1(C)C2(C(=O)NCc3ccccc3Cl)CCC1(C(Br)Br)C2Br. The summed E-state index contributed by atoms with van der Waals surface area (Å²) in [7, 11) is 0. The molecule has 1 aromatic carbocycles. The van der Waals surface area contributed by atoms with Crippen molar-refractivity contribution in [3.05, 3.63) is 34.9 Å². The summed E-state index contributed by atoms with van der Waals surface area (Å²) in [5.74, 6) is 0.123. The lowest BCUT2D eigenvalue weighted by molar-refractivity contribution is -0.161. The van der Waals surface area contributed by atoms with Gasteiger partial charge in [-0.2, -0.15) is 0 Å². The Labute approximate surface area is 167 Å². The molecule has 4 rings (SSSR count). The molecule has 3 fully saturated rings. The third-order valence-electron chi connectivity index (χ3n) is 6.29. The molecule has 3 aliphatic carbocycles. The van der Waals surface area contributed by atoms with Crippen LogP contribution >= 0.6 is 59.4 Å². The fraction of sp³-hybridized carbons (Fsp3) is 0.588. The minimum Gasteiger partial charge on any atom is -0.351 e. The van der Waals surface area contributed by atoms with E-state index in [0.717, 1.165) is 18.4 Å². The van der Waals surface area contributed by atoms with Crippen LogP contribution in [0.5, 0.6) is 0 Å². The third kappa shape index (κ3) is 2.18. The monoisotopic (exact) mass is 525 g/mol. The summed E-state index contributed by atoms with van der Waals surface area (Å²) in [6, 6.07) is 7.63. The zero-order valence-corrected chi connectivity index (χ0v) is 18.5. The van der Waals surface area contributed by atoms with Crippen molar-refractivity contribution < 1.29 is 4.79 Å². The van der Waals surface area contributed by atoms with Crippen molar-refractivity contribution in [3.63, 3.8) is 0 Å². The van der Waals surface area contributed by atoms with Crippen LogP contribution in [0.2, 0.25) is 5.02 Å². The Kier molecular flexibility index (Phi) is 4.75. The van der Waals surface area contributed by atoms with Crippen LogP contribution in [0.15, 0.2) is 24.3 Å². The van der Waals surface area contributed by atoms with Crippen molar-refractivity contribution >= 4 is 65.3 Å². The highest BCUT2D eigenvalue weighted by Gasteiger charge is 2.83. The van der Waals surface area contributed by atoms with Gasteiger partial charge >= 0.3 is 0 Å². The van der Waals surface area contributed by atoms with Crippen molar-refractivity contribution in [3.8, 4) is 0 Å². The zero-order chi connectivity index (χ0) is 17.0. The number of carbonyl (C=O) groups excluding carboxylic acids is 1. The van der Waals surface area contributed by atoms with Crippen molar-refractivity contribution in [1.82, 2.24) is 5.32 Å². The van der Waals surface area contributed by atoms with Crippen molar-refractivity contribution in [2.75, 3.05) is 0 Å². The third-order valence-corrected chi connectivity index (χ3v) is 9.89. The molecule has 2 nitrogen and oxygen atoms in total. The Morgan fingerprint density at radius 3 is 2.52 bits per heavy atom. The average molecular weight is 529 g/mol. The number of nitrogens with one attached hydrogen (secondary N) is 1. The van der Waals surface area contributed by atoms with E-state index in [1.807, 2.05) is 24.3 Å². The summed E-state index contributed by atoms with van der Waals surface area (Å²) < 4.78 is 0.189. The minimum atomic E-state index is -0.367. The summed E-state index contributed by atoms with van der Waals surface area (Å²) >= 11 is 17.4. The van der Waals surface area contributed by atoms with E-state index in [0.29, 0.717) is 11.6 Å². The van der Waals surface area contributed by atoms with Crippen LogP contribution < -0.4 is 5.32 Å². The first-order valence-electron chi connectivity index (χ1n) is 7.66. The normalized spacial score (nSPS) is 34.3. The first-order valence-corrected chi connectivity index (χ1v) is 10.8. The lowest BCUT2D eigenvalue weighted by atomic mass is 9.43. The van der Waals surface area contributed by atoms with Gasteiger partial charge in [0.15, 0.2) is 0 Å². The van der Waals surface area contributed by atoms with Gasteiger partial charge in [0.2, 0.25) is 5.91 Å². The van der Waals surface area contributed by atoms with Crippen LogP contribution in [0.1, 0.15) is 32.3 Å². The first kappa shape index (κ1) is 18.2. The summed E-state index contributed by atoms with van der Waals surface area (Å²) in [4.78, 5) is 13.2. The molecule has 3 aliphatic rings. The molecule has 0 aromatic heterocycles. The van der Waals surface area contributed by atoms with E-state index >= 15 is 0 Å². The van der Waals surface area contributed by atoms with E-state index in [1.54, 1.807) is 0 Å². The number of amides is 1. The van der Waals surface area contributed by atoms with Gasteiger partial charge in [-0.25, -0.2) is 0 Å². The summed E-state index contributed by atoms with van der Waals surface area (Å²) in [6.07, 6.45) is 1.93. The molecule has 126 valence electrons. The van der Waals surface area contributed by atoms with Crippen molar-refractivity contribution in [2.24, 2.45) is 16.2 Å². The Balaban J connectivity index is 1.80. The van der Waals surface area contributed by atoms with Gasteiger partial charge in [0.25, 0.3) is 0 Å². The first-order chi connectivity index (χ1) is 10.7. The maximum absolute atomic E-state index is 13.1. The fourth-order valence-electron chi connectivity index (χ4n) is 4.67. The van der Waals surface area contributed by atoms with E-state index < -0.39 is 0 Å². The molecule has 1 aromatic rings. The number of hydrogen-bond acceptors (Lipinski definition) is 1. The van der Waals surface area contributed by atoms with E-state index in [-0.39, 0.29) is 30.7 Å². The zero-order valence-electron chi connectivity index (χ0n) is 13.0. The number of carbonyl (C=O) groups is 1. The molecule has 6 heteroatoms. The lowest BCUT2D eigenvalue weighted by Gasteiger charge is -2.66. The van der Waals surface area contributed by atoms with E-state index in [9.17, 15) is 4.79 Å². The predicted molar refractivity (Wildman–Crippen MR) is 106 cm³/mol. The fourth-order valence-corrected chi connectivity index (χ4v) is 9.79. The Hall–Kier alpha value is 0.420. The van der Waals surface area contributed by atoms with Crippen LogP contribution in [-0.4, -0.2) is 14.5 Å². The molecule has 0 saturated heterocycles. The summed E-state index contributed by atoms with van der Waals surface area (Å²) in [5, 5.41) is 3.81. The maximum atomic E-state index is 13.1. The Bertz CT molecular complexity index is 650. The van der Waals surface area contributed by atoms with Gasteiger partial charge < -0.3 is 5.32 Å². The van der Waals surface area contributed by atoms with Gasteiger partial charge in [0, 0.05) is 21.8 Å². The van der Waals surface area contributed by atoms with E-state index in [1.165, 1.54) is 0 Å². The van der Waals surface area contributed by atoms with Gasteiger partial charge in [-0.05, 0) is 29.9 Å². The highest BCUT2D eigenvalue weighted by molar-refractivity contribution is 9.24. The van der Waals surface area contributed by atoms with Crippen LogP contribution in [0.25, 0.3) is 0 Å². The topological polar surface area (TPSA) is 29.1 Å². The molecule has 1 N–H and O–H groups in total. The molecule has 0 heterocycles. The Morgan fingerprint density at radius 2 is 2.00 bits per heavy atom. The number of halogens is 4. The minimum absolute atomic E-state index is 0.0503. The van der Waals surface area contributed by atoms with Crippen LogP contribution in [0, 0.1) is 16.2 Å². The standard InChI is InChI=1S/C17H19Br3ClNO/c1-15(2)16(13(19)20)7-8-17(15,12(16)18)14(23)22-9-10-5-3-4-6-11(10)21/h3-6,12-13H,7-9H2,1-2H3,(H,22,23). The maximum Gasteiger partial charge on any atom is 0.228 e. The largest absolute Gasteiger partial charge is 0.351 e. The van der Waals surface area contributed by atoms with Crippen molar-refractivity contribution in [1.29, 1.82) is 0 Å². The number of benzene rings is 1. The van der Waals surface area contributed by atoms with E-state index in [4.69, 9.17) is 11.6 Å². The average Bonchev–Trinajstić information content (AvgIpc) is 2.96. The lowest BCUT2D eigenvalue weighted by Crippen LogP contribution is -2.72. The molecule has 2 bridgehead atoms. The second-order valence-corrected chi connectivity index (χ2v) is 11.5. The molecule has 1 amide bonds. The molecule has 3 unspecified atom stereocenters. The van der Waals surface area contributed by atoms with Gasteiger partial charge in [0.05, 0.1) is 9.15 Å². The van der Waals surface area contributed by atoms with Crippen molar-refractivity contribution in [2.45, 2.75) is 41.8 Å². The molecule has 3 atom stereocenters. The predicted octanol–water partition coefficient (Wildman–Crippen LogP) is 5.64. The number of rotatable bonds is 4. The highest BCUT2D eigenvalue weighted by Crippen LogP contribution is 2.82. The van der Waals surface area contributed by atoms with Crippen LogP contribution in [0.3, 0.4) is 0 Å². The van der Waals surface area contributed by atoms with E-state index in [2.05, 4.69) is 67.0 Å². The van der Waals surface area contributed by atoms with Crippen LogP contribution in [0.4, 0.5) is 0 Å². The second kappa shape index (κ2) is 6.00. The molecule has 23 heavy (non-hydrogen) atoms. The Morgan fingerprint density at radius 1 is 1.35 bits per heavy atom. The molecule has 0 spiro atoms. The number of alkyl halides is 3. The highest BCUT2D eigenvalue weighted by atomic mass is 79.9. The number of hydrogen-bond donors (Lipinski definition) is 1. The quantitative estimate of drug-likeness (QED) is 0.504.